The lowest BCUT2D eigenvalue weighted by Gasteiger charge is -2.07. The van der Waals surface area contributed by atoms with Crippen LogP contribution in [0.1, 0.15) is 10.4 Å². The van der Waals surface area contributed by atoms with Crippen LogP contribution in [-0.2, 0) is 0 Å². The van der Waals surface area contributed by atoms with Gasteiger partial charge in [-0.15, -0.1) is 10.2 Å². The quantitative estimate of drug-likeness (QED) is 0.634. The number of nitrogens with one attached hydrogen (secondary N) is 2. The lowest BCUT2D eigenvalue weighted by atomic mass is 10.2. The third-order valence-corrected chi connectivity index (χ3v) is 3.74. The molecule has 8 heteroatoms. The zero-order chi connectivity index (χ0) is 16.8. The Morgan fingerprint density at radius 3 is 2.58 bits per heavy atom. The second-order valence-corrected chi connectivity index (χ2v) is 5.83. The molecular formula is C16H15BrN6O. The summed E-state index contributed by atoms with van der Waals surface area (Å²) in [7, 11) is 0. The number of aromatic nitrogens is 4. The molecule has 122 valence electrons. The van der Waals surface area contributed by atoms with Gasteiger partial charge in [-0.2, -0.15) is 5.10 Å². The maximum Gasteiger partial charge on any atom is 0.251 e. The van der Waals surface area contributed by atoms with E-state index >= 15 is 0 Å². The highest BCUT2D eigenvalue weighted by Crippen LogP contribution is 2.10. The summed E-state index contributed by atoms with van der Waals surface area (Å²) in [5.41, 5.74) is 0.626. The van der Waals surface area contributed by atoms with Crippen LogP contribution in [0.5, 0.6) is 0 Å². The highest BCUT2D eigenvalue weighted by atomic mass is 79.9. The number of rotatable bonds is 6. The van der Waals surface area contributed by atoms with Gasteiger partial charge in [-0.25, -0.2) is 4.68 Å². The molecule has 0 aliphatic carbocycles. The summed E-state index contributed by atoms with van der Waals surface area (Å²) < 4.78 is 2.58. The zero-order valence-electron chi connectivity index (χ0n) is 12.7. The van der Waals surface area contributed by atoms with Crippen molar-refractivity contribution in [3.8, 4) is 5.82 Å². The summed E-state index contributed by atoms with van der Waals surface area (Å²) in [4.78, 5) is 12.0. The van der Waals surface area contributed by atoms with Gasteiger partial charge in [0.1, 0.15) is 5.82 Å². The van der Waals surface area contributed by atoms with Gasteiger partial charge in [0, 0.05) is 35.5 Å². The summed E-state index contributed by atoms with van der Waals surface area (Å²) in [5, 5.41) is 18.2. The first kappa shape index (κ1) is 16.1. The van der Waals surface area contributed by atoms with Gasteiger partial charge < -0.3 is 10.6 Å². The van der Waals surface area contributed by atoms with E-state index in [0.29, 0.717) is 30.3 Å². The molecule has 0 unspecified atom stereocenters. The lowest BCUT2D eigenvalue weighted by molar-refractivity contribution is 0.0955. The van der Waals surface area contributed by atoms with Gasteiger partial charge >= 0.3 is 0 Å². The summed E-state index contributed by atoms with van der Waals surface area (Å²) in [6, 6.07) is 12.7. The Labute approximate surface area is 147 Å². The molecule has 0 spiro atoms. The number of benzene rings is 1. The molecule has 0 fully saturated rings. The van der Waals surface area contributed by atoms with Crippen molar-refractivity contribution >= 4 is 27.7 Å². The molecule has 0 saturated heterocycles. The van der Waals surface area contributed by atoms with Gasteiger partial charge in [0.15, 0.2) is 5.82 Å². The Kier molecular flexibility index (Phi) is 5.17. The first-order chi connectivity index (χ1) is 11.7. The van der Waals surface area contributed by atoms with Crippen LogP contribution in [0.4, 0.5) is 5.82 Å². The van der Waals surface area contributed by atoms with Crippen molar-refractivity contribution < 1.29 is 4.79 Å². The molecule has 3 aromatic rings. The minimum Gasteiger partial charge on any atom is -0.367 e. The van der Waals surface area contributed by atoms with Gasteiger partial charge in [0.05, 0.1) is 0 Å². The second-order valence-electron chi connectivity index (χ2n) is 4.92. The largest absolute Gasteiger partial charge is 0.367 e. The van der Waals surface area contributed by atoms with Gasteiger partial charge in [-0.3, -0.25) is 4.79 Å². The fourth-order valence-corrected chi connectivity index (χ4v) is 2.28. The molecule has 0 aliphatic rings. The first-order valence-electron chi connectivity index (χ1n) is 7.34. The van der Waals surface area contributed by atoms with Gasteiger partial charge in [-0.05, 0) is 42.5 Å². The molecule has 24 heavy (non-hydrogen) atoms. The molecule has 0 radical (unpaired) electrons. The number of halogens is 1. The Morgan fingerprint density at radius 2 is 1.92 bits per heavy atom. The van der Waals surface area contributed by atoms with Crippen LogP contribution < -0.4 is 10.6 Å². The third kappa shape index (κ3) is 4.17. The van der Waals surface area contributed by atoms with Crippen LogP contribution in [0.3, 0.4) is 0 Å². The third-order valence-electron chi connectivity index (χ3n) is 3.21. The Bertz CT molecular complexity index is 786. The fourth-order valence-electron chi connectivity index (χ4n) is 2.02. The average Bonchev–Trinajstić information content (AvgIpc) is 3.14. The van der Waals surface area contributed by atoms with E-state index in [2.05, 4.69) is 41.9 Å². The number of hydrogen-bond acceptors (Lipinski definition) is 5. The van der Waals surface area contributed by atoms with Crippen molar-refractivity contribution in [3.63, 3.8) is 0 Å². The number of carbonyl (C=O) groups is 1. The number of nitrogens with zero attached hydrogens (tertiary/aromatic N) is 4. The van der Waals surface area contributed by atoms with E-state index in [1.807, 2.05) is 30.3 Å². The number of hydrogen-bond donors (Lipinski definition) is 2. The lowest BCUT2D eigenvalue weighted by Crippen LogP contribution is -2.28. The van der Waals surface area contributed by atoms with Crippen LogP contribution in [0, 0.1) is 0 Å². The molecule has 2 N–H and O–H groups in total. The molecule has 1 amide bonds. The molecule has 0 bridgehead atoms. The van der Waals surface area contributed by atoms with E-state index in [4.69, 9.17) is 0 Å². The van der Waals surface area contributed by atoms with E-state index in [9.17, 15) is 4.79 Å². The Balaban J connectivity index is 1.45. The van der Waals surface area contributed by atoms with E-state index in [0.717, 1.165) is 4.47 Å². The molecule has 2 aromatic heterocycles. The number of anilines is 1. The monoisotopic (exact) mass is 386 g/mol. The number of carbonyl (C=O) groups excluding carboxylic acids is 1. The minimum atomic E-state index is -0.107. The molecule has 2 heterocycles. The summed E-state index contributed by atoms with van der Waals surface area (Å²) in [6.45, 7) is 1.04. The standard InChI is InChI=1S/C16H15BrN6O/c17-13-4-2-12(3-5-13)16(24)19-10-9-18-14-6-7-15(22-21-14)23-11-1-8-20-23/h1-8,11H,9-10H2,(H,18,21)(H,19,24). The molecule has 3 rings (SSSR count). The molecule has 0 saturated carbocycles. The molecule has 0 aliphatic heterocycles. The zero-order valence-corrected chi connectivity index (χ0v) is 14.3. The Morgan fingerprint density at radius 1 is 1.08 bits per heavy atom. The van der Waals surface area contributed by atoms with E-state index < -0.39 is 0 Å². The van der Waals surface area contributed by atoms with Crippen molar-refractivity contribution in [1.82, 2.24) is 25.3 Å². The van der Waals surface area contributed by atoms with Crippen LogP contribution in [0.15, 0.2) is 59.3 Å². The van der Waals surface area contributed by atoms with Gasteiger partial charge in [0.25, 0.3) is 5.91 Å². The van der Waals surface area contributed by atoms with Gasteiger partial charge in [-0.1, -0.05) is 15.9 Å². The smallest absolute Gasteiger partial charge is 0.251 e. The van der Waals surface area contributed by atoms with Gasteiger partial charge in [0.2, 0.25) is 0 Å². The maximum absolute atomic E-state index is 12.0. The highest BCUT2D eigenvalue weighted by molar-refractivity contribution is 9.10. The van der Waals surface area contributed by atoms with Crippen LogP contribution in [0.25, 0.3) is 5.82 Å². The van der Waals surface area contributed by atoms with Crippen LogP contribution >= 0.6 is 15.9 Å². The van der Waals surface area contributed by atoms with Crippen LogP contribution in [-0.4, -0.2) is 39.0 Å². The molecule has 1 aromatic carbocycles. The summed E-state index contributed by atoms with van der Waals surface area (Å²) in [5.74, 6) is 1.18. The molecule has 7 nitrogen and oxygen atoms in total. The average molecular weight is 387 g/mol. The van der Waals surface area contributed by atoms with E-state index in [1.165, 1.54) is 0 Å². The maximum atomic E-state index is 12.0. The van der Waals surface area contributed by atoms with Crippen molar-refractivity contribution in [1.29, 1.82) is 0 Å². The molecule has 0 atom stereocenters. The van der Waals surface area contributed by atoms with Crippen molar-refractivity contribution in [2.24, 2.45) is 0 Å². The van der Waals surface area contributed by atoms with Crippen molar-refractivity contribution in [2.45, 2.75) is 0 Å². The Hall–Kier alpha value is -2.74. The van der Waals surface area contributed by atoms with Crippen LogP contribution in [0.2, 0.25) is 0 Å². The van der Waals surface area contributed by atoms with E-state index in [-0.39, 0.29) is 5.91 Å². The predicted octanol–water partition coefficient (Wildman–Crippen LogP) is 2.27. The normalized spacial score (nSPS) is 10.4. The molecular weight excluding hydrogens is 372 g/mol. The topological polar surface area (TPSA) is 84.7 Å². The highest BCUT2D eigenvalue weighted by Gasteiger charge is 2.04. The van der Waals surface area contributed by atoms with Crippen molar-refractivity contribution in [2.75, 3.05) is 18.4 Å². The second kappa shape index (κ2) is 7.69. The SMILES string of the molecule is O=C(NCCNc1ccc(-n2cccn2)nn1)c1ccc(Br)cc1. The summed E-state index contributed by atoms with van der Waals surface area (Å²) in [6.07, 6.45) is 3.48. The summed E-state index contributed by atoms with van der Waals surface area (Å²) >= 11 is 3.34. The minimum absolute atomic E-state index is 0.107. The first-order valence-corrected chi connectivity index (χ1v) is 8.13. The van der Waals surface area contributed by atoms with E-state index in [1.54, 1.807) is 29.2 Å². The van der Waals surface area contributed by atoms with Crippen molar-refractivity contribution in [3.05, 3.63) is 64.9 Å². The number of amides is 1. The fraction of sp³-hybridized carbons (Fsp3) is 0.125. The predicted molar refractivity (Wildman–Crippen MR) is 94.1 cm³/mol.